The third-order valence-corrected chi connectivity index (χ3v) is 7.34. The number of piperidine rings is 1. The van der Waals surface area contributed by atoms with Crippen LogP contribution in [0.3, 0.4) is 0 Å². The maximum atomic E-state index is 13.0. The van der Waals surface area contributed by atoms with Gasteiger partial charge in [-0.2, -0.15) is 0 Å². The lowest BCUT2D eigenvalue weighted by atomic mass is 10.0. The Bertz CT molecular complexity index is 1510. The van der Waals surface area contributed by atoms with Crippen molar-refractivity contribution in [1.29, 1.82) is 0 Å². The summed E-state index contributed by atoms with van der Waals surface area (Å²) in [6.07, 6.45) is 3.14. The van der Waals surface area contributed by atoms with Crippen LogP contribution in [0.2, 0.25) is 0 Å². The van der Waals surface area contributed by atoms with Gasteiger partial charge in [-0.25, -0.2) is 0 Å². The van der Waals surface area contributed by atoms with Gasteiger partial charge in [0.25, 0.3) is 11.8 Å². The highest BCUT2D eigenvalue weighted by atomic mass is 16.3. The van der Waals surface area contributed by atoms with Crippen LogP contribution in [0.1, 0.15) is 69.5 Å². The second-order valence-corrected chi connectivity index (χ2v) is 10.6. The molecule has 0 aliphatic carbocycles. The molecule has 3 N–H and O–H groups in total. The standard InChI is InChI=1S/C33H34N4O4/c1-22(2)37-19-3-4-30(37)33(41)35-27-13-7-24(8-14-27)31(39)23-5-11-26(12-6-23)34-32(40)25-9-15-28(16-10-25)36-20-17-29(38)18-21-36/h3-16,19,22,29,38H,17-18,20-21H2,1-2H3,(H,34,40)(H,35,41). The molecular weight excluding hydrogens is 516 g/mol. The third-order valence-electron chi connectivity index (χ3n) is 7.34. The van der Waals surface area contributed by atoms with Gasteiger partial charge in [0.2, 0.25) is 0 Å². The number of carbonyl (C=O) groups excluding carboxylic acids is 3. The fraction of sp³-hybridized carbons (Fsp3) is 0.242. The SMILES string of the molecule is CC(C)n1cccc1C(=O)Nc1ccc(C(=O)c2ccc(NC(=O)c3ccc(N4CCC(O)CC4)cc3)cc2)cc1. The first-order valence-corrected chi connectivity index (χ1v) is 13.9. The van der Waals surface area contributed by atoms with Gasteiger partial charge in [-0.1, -0.05) is 0 Å². The summed E-state index contributed by atoms with van der Waals surface area (Å²) in [4.78, 5) is 40.7. The largest absolute Gasteiger partial charge is 0.393 e. The molecule has 1 saturated heterocycles. The normalized spacial score (nSPS) is 13.7. The van der Waals surface area contributed by atoms with E-state index >= 15 is 0 Å². The summed E-state index contributed by atoms with van der Waals surface area (Å²) in [6.45, 7) is 5.62. The number of rotatable bonds is 8. The number of hydrogen-bond acceptors (Lipinski definition) is 5. The van der Waals surface area contributed by atoms with Crippen molar-refractivity contribution in [1.82, 2.24) is 4.57 Å². The van der Waals surface area contributed by atoms with Gasteiger partial charge >= 0.3 is 0 Å². The van der Waals surface area contributed by atoms with Crippen LogP contribution in [0, 0.1) is 0 Å². The minimum Gasteiger partial charge on any atom is -0.393 e. The number of nitrogens with one attached hydrogen (secondary N) is 2. The molecule has 41 heavy (non-hydrogen) atoms. The van der Waals surface area contributed by atoms with E-state index in [0.29, 0.717) is 33.8 Å². The molecule has 0 spiro atoms. The molecule has 1 aliphatic heterocycles. The zero-order valence-corrected chi connectivity index (χ0v) is 23.2. The predicted molar refractivity (Wildman–Crippen MR) is 161 cm³/mol. The predicted octanol–water partition coefficient (Wildman–Crippen LogP) is 5.77. The van der Waals surface area contributed by atoms with E-state index in [1.807, 2.05) is 42.8 Å². The average molecular weight is 551 g/mol. The van der Waals surface area contributed by atoms with E-state index in [0.717, 1.165) is 31.6 Å². The number of amides is 2. The number of ketones is 1. The molecule has 3 aromatic carbocycles. The molecule has 1 aliphatic rings. The molecule has 8 nitrogen and oxygen atoms in total. The number of anilines is 3. The van der Waals surface area contributed by atoms with Gasteiger partial charge in [-0.3, -0.25) is 14.4 Å². The van der Waals surface area contributed by atoms with Gasteiger partial charge < -0.3 is 25.2 Å². The van der Waals surface area contributed by atoms with Crippen LogP contribution in [0.15, 0.2) is 91.1 Å². The number of aliphatic hydroxyl groups excluding tert-OH is 1. The Balaban J connectivity index is 1.17. The molecule has 0 bridgehead atoms. The van der Waals surface area contributed by atoms with Crippen molar-refractivity contribution >= 4 is 34.7 Å². The Morgan fingerprint density at radius 1 is 0.732 bits per heavy atom. The van der Waals surface area contributed by atoms with E-state index in [2.05, 4.69) is 15.5 Å². The molecule has 4 aromatic rings. The molecule has 1 fully saturated rings. The van der Waals surface area contributed by atoms with Gasteiger partial charge in [-0.05, 0) is 112 Å². The van der Waals surface area contributed by atoms with Crippen molar-refractivity contribution in [2.75, 3.05) is 28.6 Å². The Morgan fingerprint density at radius 2 is 1.24 bits per heavy atom. The maximum Gasteiger partial charge on any atom is 0.272 e. The van der Waals surface area contributed by atoms with Gasteiger partial charge in [0.1, 0.15) is 5.69 Å². The quantitative estimate of drug-likeness (QED) is 0.242. The van der Waals surface area contributed by atoms with Crippen LogP contribution in [-0.4, -0.2) is 46.5 Å². The van der Waals surface area contributed by atoms with E-state index in [1.165, 1.54) is 0 Å². The van der Waals surface area contributed by atoms with Gasteiger partial charge in [-0.15, -0.1) is 0 Å². The van der Waals surface area contributed by atoms with E-state index < -0.39 is 0 Å². The van der Waals surface area contributed by atoms with Crippen LogP contribution in [-0.2, 0) is 0 Å². The summed E-state index contributed by atoms with van der Waals surface area (Å²) in [5.41, 5.74) is 4.32. The fourth-order valence-corrected chi connectivity index (χ4v) is 4.96. The monoisotopic (exact) mass is 550 g/mol. The molecule has 1 aromatic heterocycles. The number of carbonyl (C=O) groups is 3. The van der Waals surface area contributed by atoms with Crippen molar-refractivity contribution in [2.24, 2.45) is 0 Å². The molecule has 0 radical (unpaired) electrons. The summed E-state index contributed by atoms with van der Waals surface area (Å²) in [7, 11) is 0. The molecular formula is C33H34N4O4. The summed E-state index contributed by atoms with van der Waals surface area (Å²) in [5, 5.41) is 15.5. The molecule has 210 valence electrons. The Morgan fingerprint density at radius 3 is 1.78 bits per heavy atom. The lowest BCUT2D eigenvalue weighted by Gasteiger charge is -2.31. The number of hydrogen-bond donors (Lipinski definition) is 3. The lowest BCUT2D eigenvalue weighted by molar-refractivity contribution is 0.101. The minimum atomic E-state index is -0.233. The van der Waals surface area contributed by atoms with E-state index in [-0.39, 0.29) is 29.7 Å². The number of aliphatic hydroxyl groups is 1. The molecule has 2 heterocycles. The number of nitrogens with zero attached hydrogens (tertiary/aromatic N) is 2. The zero-order valence-electron chi connectivity index (χ0n) is 23.2. The maximum absolute atomic E-state index is 13.0. The van der Waals surface area contributed by atoms with Crippen molar-refractivity contribution in [3.8, 4) is 0 Å². The third kappa shape index (κ3) is 6.56. The molecule has 0 unspecified atom stereocenters. The van der Waals surface area contributed by atoms with E-state index in [4.69, 9.17) is 0 Å². The summed E-state index contributed by atoms with van der Waals surface area (Å²) in [5.74, 6) is -0.600. The minimum absolute atomic E-state index is 0.157. The smallest absolute Gasteiger partial charge is 0.272 e. The first kappa shape index (κ1) is 27.9. The number of aromatic nitrogens is 1. The van der Waals surface area contributed by atoms with Crippen LogP contribution in [0.25, 0.3) is 0 Å². The highest BCUT2D eigenvalue weighted by Gasteiger charge is 2.18. The molecule has 5 rings (SSSR count). The molecule has 8 heteroatoms. The average Bonchev–Trinajstić information content (AvgIpc) is 3.49. The van der Waals surface area contributed by atoms with Crippen LogP contribution < -0.4 is 15.5 Å². The molecule has 0 saturated carbocycles. The highest BCUT2D eigenvalue weighted by molar-refractivity contribution is 6.10. The second kappa shape index (κ2) is 12.2. The van der Waals surface area contributed by atoms with E-state index in [9.17, 15) is 19.5 Å². The Labute approximate surface area is 239 Å². The lowest BCUT2D eigenvalue weighted by Crippen LogP contribution is -2.35. The topological polar surface area (TPSA) is 104 Å². The second-order valence-electron chi connectivity index (χ2n) is 10.6. The summed E-state index contributed by atoms with van der Waals surface area (Å²) >= 11 is 0. The van der Waals surface area contributed by atoms with Gasteiger partial charge in [0.05, 0.1) is 6.10 Å². The van der Waals surface area contributed by atoms with Crippen molar-refractivity contribution in [3.05, 3.63) is 114 Å². The summed E-state index contributed by atoms with van der Waals surface area (Å²) in [6, 6.07) is 24.8. The van der Waals surface area contributed by atoms with Crippen molar-refractivity contribution in [3.63, 3.8) is 0 Å². The molecule has 2 amide bonds. The van der Waals surface area contributed by atoms with Crippen molar-refractivity contribution < 1.29 is 19.5 Å². The van der Waals surface area contributed by atoms with Gasteiger partial charge in [0, 0.05) is 59.1 Å². The van der Waals surface area contributed by atoms with E-state index in [1.54, 1.807) is 66.7 Å². The van der Waals surface area contributed by atoms with Crippen LogP contribution in [0.4, 0.5) is 17.1 Å². The molecule has 0 atom stereocenters. The van der Waals surface area contributed by atoms with Gasteiger partial charge in [0.15, 0.2) is 5.78 Å². The first-order chi connectivity index (χ1) is 19.8. The number of benzene rings is 3. The Kier molecular flexibility index (Phi) is 8.31. The van der Waals surface area contributed by atoms with Crippen molar-refractivity contribution in [2.45, 2.75) is 38.8 Å². The van der Waals surface area contributed by atoms with Crippen LogP contribution >= 0.6 is 0 Å². The Hall–Kier alpha value is -4.69. The highest BCUT2D eigenvalue weighted by Crippen LogP contribution is 2.22. The van der Waals surface area contributed by atoms with Crippen LogP contribution in [0.5, 0.6) is 0 Å². The zero-order chi connectivity index (χ0) is 28.9. The summed E-state index contributed by atoms with van der Waals surface area (Å²) < 4.78 is 1.90. The first-order valence-electron chi connectivity index (χ1n) is 13.9. The fourth-order valence-electron chi connectivity index (χ4n) is 4.96.